The summed E-state index contributed by atoms with van der Waals surface area (Å²) >= 11 is 0. The first-order valence-electron chi connectivity index (χ1n) is 7.59. The molecule has 0 spiro atoms. The Kier molecular flexibility index (Phi) is 4.25. The van der Waals surface area contributed by atoms with Crippen LogP contribution in [0.2, 0.25) is 0 Å². The quantitative estimate of drug-likeness (QED) is 0.860. The van der Waals surface area contributed by atoms with E-state index in [1.165, 1.54) is 16.4 Å². The molecular formula is C16H19FN2O3S. The van der Waals surface area contributed by atoms with Gasteiger partial charge in [0.1, 0.15) is 16.4 Å². The molecule has 124 valence electrons. The van der Waals surface area contributed by atoms with Crippen molar-refractivity contribution in [1.82, 2.24) is 9.46 Å². The van der Waals surface area contributed by atoms with E-state index < -0.39 is 10.0 Å². The largest absolute Gasteiger partial charge is 0.360 e. The molecule has 1 aromatic carbocycles. The number of sulfonamides is 1. The molecule has 0 aliphatic carbocycles. The highest BCUT2D eigenvalue weighted by Crippen LogP contribution is 2.31. The number of nitrogens with zero attached hydrogens (tertiary/aromatic N) is 2. The van der Waals surface area contributed by atoms with E-state index in [4.69, 9.17) is 4.52 Å². The van der Waals surface area contributed by atoms with Crippen molar-refractivity contribution in [1.29, 1.82) is 0 Å². The lowest BCUT2D eigenvalue weighted by molar-refractivity contribution is 0.378. The van der Waals surface area contributed by atoms with Crippen LogP contribution in [0.15, 0.2) is 33.7 Å². The summed E-state index contributed by atoms with van der Waals surface area (Å²) < 4.78 is 45.8. The summed E-state index contributed by atoms with van der Waals surface area (Å²) in [7, 11) is -3.65. The van der Waals surface area contributed by atoms with Gasteiger partial charge in [0.05, 0.1) is 0 Å². The van der Waals surface area contributed by atoms with Gasteiger partial charge in [0.25, 0.3) is 0 Å². The fourth-order valence-corrected chi connectivity index (χ4v) is 5.21. The zero-order chi connectivity index (χ0) is 16.6. The van der Waals surface area contributed by atoms with Gasteiger partial charge in [-0.15, -0.1) is 0 Å². The van der Waals surface area contributed by atoms with Crippen LogP contribution in [0.3, 0.4) is 0 Å². The average Bonchev–Trinajstić information content (AvgIpc) is 3.06. The highest BCUT2D eigenvalue weighted by Gasteiger charge is 2.38. The first kappa shape index (κ1) is 16.1. The number of aromatic nitrogens is 1. The van der Waals surface area contributed by atoms with Gasteiger partial charge in [-0.3, -0.25) is 0 Å². The summed E-state index contributed by atoms with van der Waals surface area (Å²) in [6.45, 7) is 3.69. The SMILES string of the molecule is Cc1noc(C)c1S(=O)(=O)N1CCC[C@H]1Cc1cccc(F)c1. The van der Waals surface area contributed by atoms with Gasteiger partial charge in [-0.1, -0.05) is 17.3 Å². The van der Waals surface area contributed by atoms with Crippen LogP contribution in [0.5, 0.6) is 0 Å². The highest BCUT2D eigenvalue weighted by molar-refractivity contribution is 7.89. The smallest absolute Gasteiger partial charge is 0.248 e. The predicted octanol–water partition coefficient (Wildman–Crippen LogP) is 2.83. The van der Waals surface area contributed by atoms with Gasteiger partial charge in [-0.25, -0.2) is 12.8 Å². The molecule has 1 aliphatic heterocycles. The summed E-state index contributed by atoms with van der Waals surface area (Å²) in [5.41, 5.74) is 1.18. The van der Waals surface area contributed by atoms with Crippen molar-refractivity contribution in [3.05, 3.63) is 47.1 Å². The number of halogens is 1. The maximum Gasteiger partial charge on any atom is 0.248 e. The molecule has 1 aliphatic rings. The maximum absolute atomic E-state index is 13.3. The predicted molar refractivity (Wildman–Crippen MR) is 83.0 cm³/mol. The molecule has 1 atom stereocenters. The Morgan fingerprint density at radius 3 is 2.83 bits per heavy atom. The third-order valence-corrected chi connectivity index (χ3v) is 6.41. The van der Waals surface area contributed by atoms with Crippen molar-refractivity contribution in [3.63, 3.8) is 0 Å². The highest BCUT2D eigenvalue weighted by atomic mass is 32.2. The van der Waals surface area contributed by atoms with E-state index in [-0.39, 0.29) is 16.8 Å². The second kappa shape index (κ2) is 6.05. The molecule has 0 saturated carbocycles. The van der Waals surface area contributed by atoms with Crippen molar-refractivity contribution < 1.29 is 17.3 Å². The lowest BCUT2D eigenvalue weighted by Crippen LogP contribution is -2.37. The molecular weight excluding hydrogens is 319 g/mol. The third-order valence-electron chi connectivity index (χ3n) is 4.22. The zero-order valence-corrected chi connectivity index (χ0v) is 13.9. The lowest BCUT2D eigenvalue weighted by Gasteiger charge is -2.24. The molecule has 2 heterocycles. The number of rotatable bonds is 4. The molecule has 2 aromatic rings. The van der Waals surface area contributed by atoms with E-state index in [0.717, 1.165) is 18.4 Å². The number of benzene rings is 1. The minimum atomic E-state index is -3.65. The monoisotopic (exact) mass is 338 g/mol. The zero-order valence-electron chi connectivity index (χ0n) is 13.1. The van der Waals surface area contributed by atoms with Crippen molar-refractivity contribution in [3.8, 4) is 0 Å². The lowest BCUT2D eigenvalue weighted by atomic mass is 10.0. The van der Waals surface area contributed by atoms with Crippen LogP contribution in [0.1, 0.15) is 29.9 Å². The fraction of sp³-hybridized carbons (Fsp3) is 0.438. The van der Waals surface area contributed by atoms with E-state index in [9.17, 15) is 12.8 Å². The molecule has 0 radical (unpaired) electrons. The molecule has 1 fully saturated rings. The van der Waals surface area contributed by atoms with Gasteiger partial charge in [0.2, 0.25) is 10.0 Å². The van der Waals surface area contributed by atoms with Crippen LogP contribution in [0, 0.1) is 19.7 Å². The van der Waals surface area contributed by atoms with Crippen LogP contribution >= 0.6 is 0 Å². The van der Waals surface area contributed by atoms with Gasteiger partial charge >= 0.3 is 0 Å². The summed E-state index contributed by atoms with van der Waals surface area (Å²) in [5, 5.41) is 3.74. The third kappa shape index (κ3) is 3.03. The molecule has 5 nitrogen and oxygen atoms in total. The minimum absolute atomic E-state index is 0.156. The summed E-state index contributed by atoms with van der Waals surface area (Å²) in [4.78, 5) is 0.156. The fourth-order valence-electron chi connectivity index (χ4n) is 3.23. The molecule has 7 heteroatoms. The van der Waals surface area contributed by atoms with E-state index in [1.54, 1.807) is 19.9 Å². The first-order valence-corrected chi connectivity index (χ1v) is 9.03. The number of aryl methyl sites for hydroxylation is 2. The van der Waals surface area contributed by atoms with Crippen LogP contribution in [0.25, 0.3) is 0 Å². The van der Waals surface area contributed by atoms with E-state index >= 15 is 0 Å². The van der Waals surface area contributed by atoms with E-state index in [2.05, 4.69) is 5.16 Å². The second-order valence-corrected chi connectivity index (χ2v) is 7.73. The summed E-state index contributed by atoms with van der Waals surface area (Å²) in [6, 6.07) is 6.14. The van der Waals surface area contributed by atoms with Crippen LogP contribution < -0.4 is 0 Å². The van der Waals surface area contributed by atoms with Gasteiger partial charge < -0.3 is 4.52 Å². The van der Waals surface area contributed by atoms with Gasteiger partial charge in [0.15, 0.2) is 5.76 Å². The molecule has 0 amide bonds. The Morgan fingerprint density at radius 1 is 1.39 bits per heavy atom. The first-order chi connectivity index (χ1) is 10.9. The molecule has 0 N–H and O–H groups in total. The molecule has 1 aromatic heterocycles. The Morgan fingerprint density at radius 2 is 2.17 bits per heavy atom. The van der Waals surface area contributed by atoms with Crippen LogP contribution in [-0.2, 0) is 16.4 Å². The normalized spacial score (nSPS) is 19.3. The Hall–Kier alpha value is -1.73. The minimum Gasteiger partial charge on any atom is -0.360 e. The van der Waals surface area contributed by atoms with Gasteiger partial charge in [-0.05, 0) is 50.8 Å². The van der Waals surface area contributed by atoms with Crippen molar-refractivity contribution in [2.45, 2.75) is 44.0 Å². The number of hydrogen-bond donors (Lipinski definition) is 0. The molecule has 0 bridgehead atoms. The Balaban J connectivity index is 1.89. The Bertz CT molecular complexity index is 797. The maximum atomic E-state index is 13.3. The molecule has 0 unspecified atom stereocenters. The Labute approximate surface area is 135 Å². The van der Waals surface area contributed by atoms with Crippen molar-refractivity contribution in [2.24, 2.45) is 0 Å². The van der Waals surface area contributed by atoms with Crippen molar-refractivity contribution >= 4 is 10.0 Å². The average molecular weight is 338 g/mol. The van der Waals surface area contributed by atoms with Gasteiger partial charge in [-0.2, -0.15) is 4.31 Å². The molecule has 23 heavy (non-hydrogen) atoms. The number of hydrogen-bond acceptors (Lipinski definition) is 4. The topological polar surface area (TPSA) is 63.4 Å². The van der Waals surface area contributed by atoms with E-state index in [0.29, 0.717) is 24.4 Å². The standard InChI is InChI=1S/C16H19FN2O3S/c1-11-16(12(2)22-18-11)23(20,21)19-8-4-7-15(19)10-13-5-3-6-14(17)9-13/h3,5-6,9,15H,4,7-8,10H2,1-2H3/t15-/m0/s1. The second-order valence-electron chi connectivity index (χ2n) is 5.90. The van der Waals surface area contributed by atoms with Crippen LogP contribution in [0.4, 0.5) is 4.39 Å². The molecule has 1 saturated heterocycles. The molecule has 3 rings (SSSR count). The van der Waals surface area contributed by atoms with Crippen LogP contribution in [-0.4, -0.2) is 30.5 Å². The van der Waals surface area contributed by atoms with Crippen molar-refractivity contribution in [2.75, 3.05) is 6.54 Å². The summed E-state index contributed by atoms with van der Waals surface area (Å²) in [6.07, 6.45) is 2.06. The summed E-state index contributed by atoms with van der Waals surface area (Å²) in [5.74, 6) is -0.000432. The van der Waals surface area contributed by atoms with E-state index in [1.807, 2.05) is 6.07 Å². The van der Waals surface area contributed by atoms with Gasteiger partial charge in [0, 0.05) is 12.6 Å².